The molecule has 0 amide bonds. The second kappa shape index (κ2) is 5.30. The predicted molar refractivity (Wildman–Crippen MR) is 60.2 cm³/mol. The Bertz CT molecular complexity index is 260. The molecule has 0 fully saturated rings. The lowest BCUT2D eigenvalue weighted by atomic mass is 10.2. The zero-order valence-electron chi connectivity index (χ0n) is 8.29. The maximum atomic E-state index is 5.85. The summed E-state index contributed by atoms with van der Waals surface area (Å²) in [5.74, 6) is 1.02. The van der Waals surface area contributed by atoms with E-state index in [4.69, 9.17) is 5.73 Å². The van der Waals surface area contributed by atoms with E-state index in [1.807, 2.05) is 11.8 Å². The van der Waals surface area contributed by atoms with Crippen LogP contribution >= 0.6 is 11.8 Å². The highest BCUT2D eigenvalue weighted by molar-refractivity contribution is 7.99. The minimum absolute atomic E-state index is 0.324. The van der Waals surface area contributed by atoms with Gasteiger partial charge in [0.1, 0.15) is 0 Å². The molecule has 0 aliphatic heterocycles. The lowest BCUT2D eigenvalue weighted by Gasteiger charge is -2.09. The summed E-state index contributed by atoms with van der Waals surface area (Å²) in [7, 11) is 0. The molecular weight excluding hydrogens is 178 g/mol. The summed E-state index contributed by atoms with van der Waals surface area (Å²) >= 11 is 1.85. The third-order valence-corrected chi connectivity index (χ3v) is 3.43. The second-order valence-electron chi connectivity index (χ2n) is 3.24. The molecule has 1 aromatic rings. The second-order valence-corrected chi connectivity index (χ2v) is 4.31. The van der Waals surface area contributed by atoms with Gasteiger partial charge in [-0.3, -0.25) is 0 Å². The molecule has 0 spiro atoms. The maximum absolute atomic E-state index is 5.85. The average Bonchev–Trinajstić information content (AvgIpc) is 2.16. The first kappa shape index (κ1) is 10.6. The van der Waals surface area contributed by atoms with E-state index in [0.717, 1.165) is 12.2 Å². The van der Waals surface area contributed by atoms with Crippen LogP contribution in [-0.4, -0.2) is 11.8 Å². The van der Waals surface area contributed by atoms with E-state index in [1.165, 1.54) is 10.5 Å². The van der Waals surface area contributed by atoms with Crippen molar-refractivity contribution in [1.29, 1.82) is 0 Å². The van der Waals surface area contributed by atoms with Gasteiger partial charge in [0.2, 0.25) is 0 Å². The zero-order chi connectivity index (χ0) is 9.68. The molecule has 0 bridgehead atoms. The number of benzene rings is 1. The van der Waals surface area contributed by atoms with Gasteiger partial charge in [-0.25, -0.2) is 0 Å². The minimum Gasteiger partial charge on any atom is -0.327 e. The molecule has 1 atom stereocenters. The summed E-state index contributed by atoms with van der Waals surface area (Å²) < 4.78 is 0. The van der Waals surface area contributed by atoms with Gasteiger partial charge >= 0.3 is 0 Å². The SMILES string of the molecule is CCC(N)CSc1ccccc1C. The Morgan fingerprint density at radius 2 is 2.08 bits per heavy atom. The Balaban J connectivity index is 2.50. The number of nitrogens with two attached hydrogens (primary N) is 1. The Labute approximate surface area is 84.7 Å². The number of hydrogen-bond donors (Lipinski definition) is 1. The third-order valence-electron chi connectivity index (χ3n) is 2.07. The summed E-state index contributed by atoms with van der Waals surface area (Å²) in [5.41, 5.74) is 7.19. The molecule has 1 rings (SSSR count). The fraction of sp³-hybridized carbons (Fsp3) is 0.455. The van der Waals surface area contributed by atoms with Gasteiger partial charge in [-0.2, -0.15) is 0 Å². The Hall–Kier alpha value is -0.470. The van der Waals surface area contributed by atoms with Crippen molar-refractivity contribution in [2.45, 2.75) is 31.2 Å². The number of aryl methyl sites for hydroxylation is 1. The summed E-state index contributed by atoms with van der Waals surface area (Å²) in [4.78, 5) is 1.35. The van der Waals surface area contributed by atoms with Gasteiger partial charge in [0, 0.05) is 16.7 Å². The summed E-state index contributed by atoms with van der Waals surface area (Å²) in [6.07, 6.45) is 1.05. The maximum Gasteiger partial charge on any atom is 0.0132 e. The molecule has 1 nitrogen and oxygen atoms in total. The van der Waals surface area contributed by atoms with E-state index in [9.17, 15) is 0 Å². The molecule has 2 heteroatoms. The Kier molecular flexibility index (Phi) is 4.33. The molecule has 0 radical (unpaired) electrons. The van der Waals surface area contributed by atoms with Gasteiger partial charge in [0.15, 0.2) is 0 Å². The van der Waals surface area contributed by atoms with Crippen LogP contribution in [0.3, 0.4) is 0 Å². The largest absolute Gasteiger partial charge is 0.327 e. The summed E-state index contributed by atoms with van der Waals surface area (Å²) in [6.45, 7) is 4.27. The Morgan fingerprint density at radius 1 is 1.38 bits per heavy atom. The number of hydrogen-bond acceptors (Lipinski definition) is 2. The first-order chi connectivity index (χ1) is 6.24. The minimum atomic E-state index is 0.324. The van der Waals surface area contributed by atoms with E-state index >= 15 is 0 Å². The lowest BCUT2D eigenvalue weighted by molar-refractivity contribution is 0.725. The van der Waals surface area contributed by atoms with Crippen LogP contribution in [0.4, 0.5) is 0 Å². The highest BCUT2D eigenvalue weighted by Crippen LogP contribution is 2.22. The van der Waals surface area contributed by atoms with Crippen LogP contribution < -0.4 is 5.73 Å². The molecule has 0 aliphatic carbocycles. The van der Waals surface area contributed by atoms with Crippen LogP contribution in [0.25, 0.3) is 0 Å². The van der Waals surface area contributed by atoms with Crippen molar-refractivity contribution in [3.05, 3.63) is 29.8 Å². The molecule has 0 aliphatic rings. The van der Waals surface area contributed by atoms with E-state index < -0.39 is 0 Å². The van der Waals surface area contributed by atoms with Crippen molar-refractivity contribution in [2.24, 2.45) is 5.73 Å². The molecule has 1 aromatic carbocycles. The van der Waals surface area contributed by atoms with E-state index in [-0.39, 0.29) is 0 Å². The fourth-order valence-electron chi connectivity index (χ4n) is 1.03. The smallest absolute Gasteiger partial charge is 0.0132 e. The normalized spacial score (nSPS) is 12.8. The molecule has 0 saturated carbocycles. The van der Waals surface area contributed by atoms with Gasteiger partial charge in [-0.05, 0) is 25.0 Å². The van der Waals surface area contributed by atoms with Crippen molar-refractivity contribution < 1.29 is 0 Å². The Morgan fingerprint density at radius 3 is 2.69 bits per heavy atom. The van der Waals surface area contributed by atoms with Crippen LogP contribution in [0.1, 0.15) is 18.9 Å². The van der Waals surface area contributed by atoms with Crippen molar-refractivity contribution >= 4 is 11.8 Å². The van der Waals surface area contributed by atoms with Crippen molar-refractivity contribution in [2.75, 3.05) is 5.75 Å². The van der Waals surface area contributed by atoms with Crippen LogP contribution in [0.15, 0.2) is 29.2 Å². The van der Waals surface area contributed by atoms with E-state index in [1.54, 1.807) is 0 Å². The first-order valence-electron chi connectivity index (χ1n) is 4.68. The quantitative estimate of drug-likeness (QED) is 0.748. The zero-order valence-corrected chi connectivity index (χ0v) is 9.10. The predicted octanol–water partition coefficient (Wildman–Crippen LogP) is 2.82. The third kappa shape index (κ3) is 3.41. The molecule has 0 heterocycles. The summed E-state index contributed by atoms with van der Waals surface area (Å²) in [6, 6.07) is 8.76. The molecular formula is C11H17NS. The van der Waals surface area contributed by atoms with Gasteiger partial charge in [-0.15, -0.1) is 11.8 Å². The molecule has 0 aromatic heterocycles. The van der Waals surface area contributed by atoms with Crippen LogP contribution in [0.2, 0.25) is 0 Å². The monoisotopic (exact) mass is 195 g/mol. The molecule has 0 saturated heterocycles. The van der Waals surface area contributed by atoms with Crippen LogP contribution in [0.5, 0.6) is 0 Å². The van der Waals surface area contributed by atoms with Crippen molar-refractivity contribution in [1.82, 2.24) is 0 Å². The number of thioether (sulfide) groups is 1. The van der Waals surface area contributed by atoms with Crippen molar-refractivity contribution in [3.63, 3.8) is 0 Å². The lowest BCUT2D eigenvalue weighted by Crippen LogP contribution is -2.21. The van der Waals surface area contributed by atoms with E-state index in [2.05, 4.69) is 38.1 Å². The molecule has 1 unspecified atom stereocenters. The number of rotatable bonds is 4. The van der Waals surface area contributed by atoms with E-state index in [0.29, 0.717) is 6.04 Å². The highest BCUT2D eigenvalue weighted by atomic mass is 32.2. The van der Waals surface area contributed by atoms with Gasteiger partial charge in [0.25, 0.3) is 0 Å². The first-order valence-corrected chi connectivity index (χ1v) is 5.66. The van der Waals surface area contributed by atoms with Gasteiger partial charge < -0.3 is 5.73 Å². The molecule has 13 heavy (non-hydrogen) atoms. The van der Waals surface area contributed by atoms with Crippen LogP contribution in [-0.2, 0) is 0 Å². The standard InChI is InChI=1S/C11H17NS/c1-3-10(12)8-13-11-7-5-4-6-9(11)2/h4-7,10H,3,8,12H2,1-2H3. The molecule has 2 N–H and O–H groups in total. The van der Waals surface area contributed by atoms with Crippen LogP contribution in [0, 0.1) is 6.92 Å². The van der Waals surface area contributed by atoms with Gasteiger partial charge in [0.05, 0.1) is 0 Å². The average molecular weight is 195 g/mol. The topological polar surface area (TPSA) is 26.0 Å². The summed E-state index contributed by atoms with van der Waals surface area (Å²) in [5, 5.41) is 0. The highest BCUT2D eigenvalue weighted by Gasteiger charge is 2.01. The fourth-order valence-corrected chi connectivity index (χ4v) is 2.13. The van der Waals surface area contributed by atoms with Gasteiger partial charge in [-0.1, -0.05) is 25.1 Å². The van der Waals surface area contributed by atoms with Crippen molar-refractivity contribution in [3.8, 4) is 0 Å². The molecule has 72 valence electrons.